The second-order valence-corrected chi connectivity index (χ2v) is 3.02. The molecule has 0 N–H and O–H groups in total. The summed E-state index contributed by atoms with van der Waals surface area (Å²) < 4.78 is 0. The molecule has 0 aromatic rings. The van der Waals surface area contributed by atoms with E-state index in [1.807, 2.05) is 0 Å². The van der Waals surface area contributed by atoms with Gasteiger partial charge >= 0.3 is 0 Å². The van der Waals surface area contributed by atoms with Gasteiger partial charge in [0.2, 0.25) is 0 Å². The minimum Gasteiger partial charge on any atom is -0.198 e. The normalized spacial score (nSPS) is 11.6. The molecule has 0 radical (unpaired) electrons. The van der Waals surface area contributed by atoms with Gasteiger partial charge in [-0.15, -0.1) is 0 Å². The summed E-state index contributed by atoms with van der Waals surface area (Å²) in [6, 6.07) is 4.41. The molecule has 0 amide bonds. The van der Waals surface area contributed by atoms with Crippen LogP contribution in [-0.4, -0.2) is 0 Å². The first-order valence-electron chi connectivity index (χ1n) is 4.61. The van der Waals surface area contributed by atoms with E-state index in [2.05, 4.69) is 19.1 Å². The number of nitrogens with zero attached hydrogens (tertiary/aromatic N) is 2. The van der Waals surface area contributed by atoms with Crippen molar-refractivity contribution in [3.63, 3.8) is 0 Å². The smallest absolute Gasteiger partial charge is 0.0655 e. The van der Waals surface area contributed by atoms with Gasteiger partial charge in [-0.2, -0.15) is 10.5 Å². The second kappa shape index (κ2) is 8.08. The van der Waals surface area contributed by atoms with Gasteiger partial charge in [-0.25, -0.2) is 0 Å². The van der Waals surface area contributed by atoms with Crippen LogP contribution in [-0.2, 0) is 0 Å². The van der Waals surface area contributed by atoms with Crippen LogP contribution in [0.1, 0.15) is 45.4 Å². The summed E-state index contributed by atoms with van der Waals surface area (Å²) in [5, 5.41) is 17.0. The fourth-order valence-corrected chi connectivity index (χ4v) is 1.22. The maximum absolute atomic E-state index is 8.70. The van der Waals surface area contributed by atoms with Crippen molar-refractivity contribution in [1.29, 1.82) is 10.5 Å². The highest BCUT2D eigenvalue weighted by molar-refractivity contribution is 4.82. The van der Waals surface area contributed by atoms with Gasteiger partial charge in [-0.05, 0) is 19.3 Å². The lowest BCUT2D eigenvalue weighted by molar-refractivity contribution is 0.516. The average molecular weight is 164 g/mol. The van der Waals surface area contributed by atoms with Crippen molar-refractivity contribution in [2.24, 2.45) is 5.92 Å². The van der Waals surface area contributed by atoms with Crippen LogP contribution in [0.2, 0.25) is 0 Å². The van der Waals surface area contributed by atoms with Crippen molar-refractivity contribution in [2.45, 2.75) is 45.4 Å². The van der Waals surface area contributed by atoms with Crippen molar-refractivity contribution in [2.75, 3.05) is 0 Å². The Kier molecular flexibility index (Phi) is 7.39. The number of rotatable bonds is 6. The molecule has 0 saturated heterocycles. The molecule has 1 atom stereocenters. The molecule has 0 aromatic heterocycles. The minimum atomic E-state index is 0.216. The largest absolute Gasteiger partial charge is 0.198 e. The summed E-state index contributed by atoms with van der Waals surface area (Å²) in [6.45, 7) is 2.10. The van der Waals surface area contributed by atoms with Crippen LogP contribution < -0.4 is 0 Å². The highest BCUT2D eigenvalue weighted by atomic mass is 14.3. The predicted octanol–water partition coefficient (Wildman–Crippen LogP) is 3.01. The van der Waals surface area contributed by atoms with Crippen LogP contribution in [0.15, 0.2) is 0 Å². The Balaban J connectivity index is 3.34. The minimum absolute atomic E-state index is 0.216. The zero-order valence-corrected chi connectivity index (χ0v) is 7.71. The summed E-state index contributed by atoms with van der Waals surface area (Å²) in [4.78, 5) is 0. The topological polar surface area (TPSA) is 47.6 Å². The Bertz CT molecular complexity index is 173. The molecule has 2 heteroatoms. The molecule has 0 aliphatic carbocycles. The molecule has 0 aromatic carbocycles. The maximum Gasteiger partial charge on any atom is 0.0655 e. The van der Waals surface area contributed by atoms with E-state index >= 15 is 0 Å². The van der Waals surface area contributed by atoms with Crippen molar-refractivity contribution in [1.82, 2.24) is 0 Å². The molecule has 0 heterocycles. The lowest BCUT2D eigenvalue weighted by Crippen LogP contribution is -1.95. The van der Waals surface area contributed by atoms with Crippen LogP contribution in [0.25, 0.3) is 0 Å². The van der Waals surface area contributed by atoms with E-state index in [4.69, 9.17) is 10.5 Å². The zero-order chi connectivity index (χ0) is 9.23. The Morgan fingerprint density at radius 3 is 2.42 bits per heavy atom. The van der Waals surface area contributed by atoms with E-state index in [0.717, 1.165) is 32.1 Å². The summed E-state index contributed by atoms with van der Waals surface area (Å²) in [5.74, 6) is 0.216. The van der Waals surface area contributed by atoms with Gasteiger partial charge in [0.05, 0.1) is 12.1 Å². The first kappa shape index (κ1) is 11.0. The monoisotopic (exact) mass is 164 g/mol. The fraction of sp³-hybridized carbons (Fsp3) is 0.800. The van der Waals surface area contributed by atoms with Gasteiger partial charge in [-0.1, -0.05) is 19.8 Å². The average Bonchev–Trinajstić information content (AvgIpc) is 2.10. The van der Waals surface area contributed by atoms with Crippen LogP contribution in [0, 0.1) is 28.6 Å². The van der Waals surface area contributed by atoms with Crippen LogP contribution >= 0.6 is 0 Å². The Labute approximate surface area is 74.8 Å². The Morgan fingerprint density at radius 2 is 1.92 bits per heavy atom. The van der Waals surface area contributed by atoms with Gasteiger partial charge in [-0.3, -0.25) is 0 Å². The van der Waals surface area contributed by atoms with Gasteiger partial charge < -0.3 is 0 Å². The molecule has 0 spiro atoms. The SMILES string of the molecule is CCCC(C#N)CCCCC#N. The van der Waals surface area contributed by atoms with E-state index in [-0.39, 0.29) is 5.92 Å². The lowest BCUT2D eigenvalue weighted by atomic mass is 9.98. The molecular formula is C10H16N2. The molecule has 2 nitrogen and oxygen atoms in total. The fourth-order valence-electron chi connectivity index (χ4n) is 1.22. The summed E-state index contributed by atoms with van der Waals surface area (Å²) in [7, 11) is 0. The molecule has 1 unspecified atom stereocenters. The third-order valence-corrected chi connectivity index (χ3v) is 1.91. The van der Waals surface area contributed by atoms with Crippen molar-refractivity contribution < 1.29 is 0 Å². The lowest BCUT2D eigenvalue weighted by Gasteiger charge is -2.04. The van der Waals surface area contributed by atoms with E-state index in [0.29, 0.717) is 6.42 Å². The van der Waals surface area contributed by atoms with E-state index < -0.39 is 0 Å². The second-order valence-electron chi connectivity index (χ2n) is 3.02. The highest BCUT2D eigenvalue weighted by Gasteiger charge is 2.04. The molecule has 66 valence electrons. The number of hydrogen-bond acceptors (Lipinski definition) is 2. The first-order chi connectivity index (χ1) is 5.85. The van der Waals surface area contributed by atoms with E-state index in [9.17, 15) is 0 Å². The van der Waals surface area contributed by atoms with Gasteiger partial charge in [0.15, 0.2) is 0 Å². The van der Waals surface area contributed by atoms with E-state index in [1.54, 1.807) is 0 Å². The highest BCUT2D eigenvalue weighted by Crippen LogP contribution is 2.13. The Hall–Kier alpha value is -1.02. The standard InChI is InChI=1S/C10H16N2/c1-2-6-10(9-12)7-4-3-5-8-11/h10H,2-7H2,1H3. The van der Waals surface area contributed by atoms with Crippen molar-refractivity contribution in [3.8, 4) is 12.1 Å². The van der Waals surface area contributed by atoms with Crippen molar-refractivity contribution >= 4 is 0 Å². The van der Waals surface area contributed by atoms with Gasteiger partial charge in [0, 0.05) is 12.3 Å². The molecule has 0 aliphatic rings. The summed E-state index contributed by atoms with van der Waals surface area (Å²) in [5.41, 5.74) is 0. The first-order valence-corrected chi connectivity index (χ1v) is 4.61. The molecule has 0 rings (SSSR count). The van der Waals surface area contributed by atoms with Gasteiger partial charge in [0.1, 0.15) is 0 Å². The number of unbranched alkanes of at least 4 members (excludes halogenated alkanes) is 2. The summed E-state index contributed by atoms with van der Waals surface area (Å²) in [6.07, 6.45) is 5.64. The zero-order valence-electron chi connectivity index (χ0n) is 7.71. The van der Waals surface area contributed by atoms with Gasteiger partial charge in [0.25, 0.3) is 0 Å². The summed E-state index contributed by atoms with van der Waals surface area (Å²) >= 11 is 0. The molecule has 0 fully saturated rings. The van der Waals surface area contributed by atoms with Crippen LogP contribution in [0.3, 0.4) is 0 Å². The van der Waals surface area contributed by atoms with E-state index in [1.165, 1.54) is 0 Å². The predicted molar refractivity (Wildman–Crippen MR) is 48.1 cm³/mol. The molecule has 0 bridgehead atoms. The third-order valence-electron chi connectivity index (χ3n) is 1.91. The molecule has 0 saturated carbocycles. The third kappa shape index (κ3) is 5.74. The van der Waals surface area contributed by atoms with Crippen molar-refractivity contribution in [3.05, 3.63) is 0 Å². The molecule has 0 aliphatic heterocycles. The molecular weight excluding hydrogens is 148 g/mol. The van der Waals surface area contributed by atoms with Crippen LogP contribution in [0.5, 0.6) is 0 Å². The quantitative estimate of drug-likeness (QED) is 0.566. The number of nitriles is 2. The Morgan fingerprint density at radius 1 is 1.17 bits per heavy atom. The maximum atomic E-state index is 8.70. The molecule has 12 heavy (non-hydrogen) atoms. The number of hydrogen-bond donors (Lipinski definition) is 0. The van der Waals surface area contributed by atoms with Crippen LogP contribution in [0.4, 0.5) is 0 Å².